The van der Waals surface area contributed by atoms with Gasteiger partial charge in [0.1, 0.15) is 0 Å². The summed E-state index contributed by atoms with van der Waals surface area (Å²) in [5.41, 5.74) is 2.77. The van der Waals surface area contributed by atoms with E-state index in [0.717, 1.165) is 25.9 Å². The quantitative estimate of drug-likeness (QED) is 0.863. The van der Waals surface area contributed by atoms with Gasteiger partial charge in [-0.3, -0.25) is 0 Å². The van der Waals surface area contributed by atoms with Gasteiger partial charge in [0.25, 0.3) is 0 Å². The summed E-state index contributed by atoms with van der Waals surface area (Å²) >= 11 is 0. The van der Waals surface area contributed by atoms with Crippen LogP contribution in [0.2, 0.25) is 0 Å². The minimum atomic E-state index is -0.0525. The number of aliphatic hydroxyl groups excluding tert-OH is 1. The molecule has 0 atom stereocenters. The highest BCUT2D eigenvalue weighted by Crippen LogP contribution is 2.11. The first-order valence-electron chi connectivity index (χ1n) is 6.70. The van der Waals surface area contributed by atoms with E-state index < -0.39 is 0 Å². The van der Waals surface area contributed by atoms with Crippen LogP contribution < -0.4 is 0 Å². The lowest BCUT2D eigenvalue weighted by atomic mass is 10.1. The molecule has 1 aromatic rings. The van der Waals surface area contributed by atoms with E-state index in [4.69, 9.17) is 0 Å². The third-order valence-corrected chi connectivity index (χ3v) is 3.62. The molecule has 2 rings (SSSR count). The molecule has 0 spiro atoms. The summed E-state index contributed by atoms with van der Waals surface area (Å²) in [4.78, 5) is 2.47. The summed E-state index contributed by atoms with van der Waals surface area (Å²) < 4.78 is 0. The van der Waals surface area contributed by atoms with E-state index in [-0.39, 0.29) is 6.10 Å². The summed E-state index contributed by atoms with van der Waals surface area (Å²) in [7, 11) is 0. The molecule has 94 valence electrons. The maximum absolute atomic E-state index is 9.43. The topological polar surface area (TPSA) is 23.5 Å². The van der Waals surface area contributed by atoms with Gasteiger partial charge in [-0.1, -0.05) is 29.8 Å². The fourth-order valence-corrected chi connectivity index (χ4v) is 2.40. The van der Waals surface area contributed by atoms with Crippen molar-refractivity contribution in [1.29, 1.82) is 0 Å². The lowest BCUT2D eigenvalue weighted by molar-refractivity contribution is 0.0821. The Hall–Kier alpha value is -0.860. The molecule has 1 aliphatic rings. The second-order valence-corrected chi connectivity index (χ2v) is 5.16. The molecule has 1 heterocycles. The van der Waals surface area contributed by atoms with Gasteiger partial charge in [-0.15, -0.1) is 0 Å². The lowest BCUT2D eigenvalue weighted by Gasteiger charge is -2.29. The predicted octanol–water partition coefficient (Wildman–Crippen LogP) is 2.38. The van der Waals surface area contributed by atoms with Crippen molar-refractivity contribution in [2.45, 2.75) is 38.7 Å². The SMILES string of the molecule is Cc1ccc(CCCN2CCC(O)CC2)cc1. The van der Waals surface area contributed by atoms with Gasteiger partial charge in [0, 0.05) is 13.1 Å². The Labute approximate surface area is 104 Å². The van der Waals surface area contributed by atoms with Crippen LogP contribution in [0, 0.1) is 6.92 Å². The average molecular weight is 233 g/mol. The molecule has 0 aromatic heterocycles. The van der Waals surface area contributed by atoms with Gasteiger partial charge in [-0.25, -0.2) is 0 Å². The molecule has 1 fully saturated rings. The summed E-state index contributed by atoms with van der Waals surface area (Å²) in [6.07, 6.45) is 4.23. The zero-order valence-corrected chi connectivity index (χ0v) is 10.7. The minimum absolute atomic E-state index is 0.0525. The molecule has 0 aliphatic carbocycles. The van der Waals surface area contributed by atoms with E-state index in [2.05, 4.69) is 36.1 Å². The molecule has 1 saturated heterocycles. The van der Waals surface area contributed by atoms with Crippen LogP contribution in [-0.4, -0.2) is 35.7 Å². The van der Waals surface area contributed by atoms with Crippen LogP contribution in [0.1, 0.15) is 30.4 Å². The predicted molar refractivity (Wildman–Crippen MR) is 71.2 cm³/mol. The van der Waals surface area contributed by atoms with Crippen molar-refractivity contribution in [3.05, 3.63) is 35.4 Å². The number of benzene rings is 1. The van der Waals surface area contributed by atoms with Gasteiger partial charge in [-0.2, -0.15) is 0 Å². The van der Waals surface area contributed by atoms with E-state index in [1.807, 2.05) is 0 Å². The van der Waals surface area contributed by atoms with Crippen LogP contribution in [0.4, 0.5) is 0 Å². The van der Waals surface area contributed by atoms with Crippen molar-refractivity contribution in [3.63, 3.8) is 0 Å². The van der Waals surface area contributed by atoms with Crippen molar-refractivity contribution >= 4 is 0 Å². The Kier molecular flexibility index (Phi) is 4.57. The number of piperidine rings is 1. The normalized spacial score (nSPS) is 18.5. The minimum Gasteiger partial charge on any atom is -0.393 e. The molecule has 2 heteroatoms. The number of aliphatic hydroxyl groups is 1. The standard InChI is InChI=1S/C15H23NO/c1-13-4-6-14(7-5-13)3-2-10-16-11-8-15(17)9-12-16/h4-7,15,17H,2-3,8-12H2,1H3. The first kappa shape index (κ1) is 12.6. The largest absolute Gasteiger partial charge is 0.393 e. The zero-order chi connectivity index (χ0) is 12.1. The van der Waals surface area contributed by atoms with Crippen LogP contribution in [0.15, 0.2) is 24.3 Å². The van der Waals surface area contributed by atoms with Gasteiger partial charge in [0.2, 0.25) is 0 Å². The van der Waals surface area contributed by atoms with E-state index in [1.54, 1.807) is 0 Å². The van der Waals surface area contributed by atoms with Gasteiger partial charge < -0.3 is 10.0 Å². The Morgan fingerprint density at radius 2 is 1.82 bits per heavy atom. The van der Waals surface area contributed by atoms with E-state index in [9.17, 15) is 5.11 Å². The van der Waals surface area contributed by atoms with Crippen molar-refractivity contribution in [1.82, 2.24) is 4.90 Å². The average Bonchev–Trinajstić information content (AvgIpc) is 2.34. The molecule has 2 nitrogen and oxygen atoms in total. The smallest absolute Gasteiger partial charge is 0.0564 e. The summed E-state index contributed by atoms with van der Waals surface area (Å²) in [5, 5.41) is 9.43. The Balaban J connectivity index is 1.67. The number of nitrogens with zero attached hydrogens (tertiary/aromatic N) is 1. The van der Waals surface area contributed by atoms with Crippen LogP contribution >= 0.6 is 0 Å². The third kappa shape index (κ3) is 4.14. The van der Waals surface area contributed by atoms with Gasteiger partial charge in [0.05, 0.1) is 6.10 Å². The molecular weight excluding hydrogens is 210 g/mol. The van der Waals surface area contributed by atoms with Crippen molar-refractivity contribution in [2.75, 3.05) is 19.6 Å². The second-order valence-electron chi connectivity index (χ2n) is 5.16. The zero-order valence-electron chi connectivity index (χ0n) is 10.7. The molecule has 1 aliphatic heterocycles. The molecule has 17 heavy (non-hydrogen) atoms. The van der Waals surface area contributed by atoms with E-state index in [0.29, 0.717) is 0 Å². The first-order valence-corrected chi connectivity index (χ1v) is 6.70. The van der Waals surface area contributed by atoms with Crippen LogP contribution in [0.5, 0.6) is 0 Å². The molecule has 0 amide bonds. The van der Waals surface area contributed by atoms with Crippen LogP contribution in [-0.2, 0) is 6.42 Å². The highest BCUT2D eigenvalue weighted by molar-refractivity contribution is 5.21. The number of likely N-dealkylation sites (tertiary alicyclic amines) is 1. The molecule has 0 saturated carbocycles. The summed E-state index contributed by atoms with van der Waals surface area (Å²) in [6, 6.07) is 8.84. The molecule has 0 radical (unpaired) electrons. The van der Waals surface area contributed by atoms with Crippen LogP contribution in [0.3, 0.4) is 0 Å². The highest BCUT2D eigenvalue weighted by atomic mass is 16.3. The first-order chi connectivity index (χ1) is 8.24. The Morgan fingerprint density at radius 3 is 2.47 bits per heavy atom. The van der Waals surface area contributed by atoms with Crippen molar-refractivity contribution in [2.24, 2.45) is 0 Å². The fraction of sp³-hybridized carbons (Fsp3) is 0.600. The van der Waals surface area contributed by atoms with Crippen molar-refractivity contribution < 1.29 is 5.11 Å². The van der Waals surface area contributed by atoms with Gasteiger partial charge in [0.15, 0.2) is 0 Å². The van der Waals surface area contributed by atoms with Crippen LogP contribution in [0.25, 0.3) is 0 Å². The summed E-state index contributed by atoms with van der Waals surface area (Å²) in [6.45, 7) is 5.42. The molecule has 0 unspecified atom stereocenters. The lowest BCUT2D eigenvalue weighted by Crippen LogP contribution is -2.36. The van der Waals surface area contributed by atoms with Gasteiger partial charge >= 0.3 is 0 Å². The molecule has 0 bridgehead atoms. The molecule has 1 N–H and O–H groups in total. The number of hydrogen-bond acceptors (Lipinski definition) is 2. The maximum Gasteiger partial charge on any atom is 0.0564 e. The van der Waals surface area contributed by atoms with E-state index >= 15 is 0 Å². The van der Waals surface area contributed by atoms with E-state index in [1.165, 1.54) is 30.5 Å². The Morgan fingerprint density at radius 1 is 1.18 bits per heavy atom. The highest BCUT2D eigenvalue weighted by Gasteiger charge is 2.15. The monoisotopic (exact) mass is 233 g/mol. The number of hydrogen-bond donors (Lipinski definition) is 1. The Bertz CT molecular complexity index is 325. The summed E-state index contributed by atoms with van der Waals surface area (Å²) in [5.74, 6) is 0. The van der Waals surface area contributed by atoms with Gasteiger partial charge in [-0.05, 0) is 44.7 Å². The third-order valence-electron chi connectivity index (χ3n) is 3.62. The fourth-order valence-electron chi connectivity index (χ4n) is 2.40. The molecular formula is C15H23NO. The maximum atomic E-state index is 9.43. The number of rotatable bonds is 4. The molecule has 1 aromatic carbocycles. The number of aryl methyl sites for hydroxylation is 2. The second kappa shape index (κ2) is 6.18. The van der Waals surface area contributed by atoms with Crippen molar-refractivity contribution in [3.8, 4) is 0 Å².